The smallest absolute Gasteiger partial charge is 0.338 e. The zero-order valence-corrected chi connectivity index (χ0v) is 7.09. The van der Waals surface area contributed by atoms with Crippen LogP contribution in [0.4, 0.5) is 5.69 Å². The minimum atomic E-state index is -0.891. The molecule has 1 rings (SSSR count). The van der Waals surface area contributed by atoms with Gasteiger partial charge in [0.05, 0.1) is 5.56 Å². The van der Waals surface area contributed by atoms with Gasteiger partial charge in [-0.1, -0.05) is 12.1 Å². The molecule has 0 spiro atoms. The molecule has 3 nitrogen and oxygen atoms in total. The third-order valence-corrected chi connectivity index (χ3v) is 1.76. The van der Waals surface area contributed by atoms with E-state index in [-0.39, 0.29) is 0 Å². The Morgan fingerprint density at radius 1 is 1.50 bits per heavy atom. The van der Waals surface area contributed by atoms with Gasteiger partial charge in [-0.25, -0.2) is 4.79 Å². The number of anilines is 1. The average molecular weight is 165 g/mol. The molecule has 0 bridgehead atoms. The van der Waals surface area contributed by atoms with E-state index in [4.69, 9.17) is 5.11 Å². The van der Waals surface area contributed by atoms with Gasteiger partial charge in [0.1, 0.15) is 0 Å². The zero-order valence-electron chi connectivity index (χ0n) is 7.09. The Morgan fingerprint density at radius 2 is 2.17 bits per heavy atom. The van der Waals surface area contributed by atoms with E-state index in [1.807, 2.05) is 6.07 Å². The number of carboxylic acids is 1. The number of rotatable bonds is 2. The molecule has 2 N–H and O–H groups in total. The maximum absolute atomic E-state index is 10.8. The van der Waals surface area contributed by atoms with Gasteiger partial charge in [-0.05, 0) is 18.6 Å². The second kappa shape index (κ2) is 3.26. The molecule has 64 valence electrons. The highest BCUT2D eigenvalue weighted by Crippen LogP contribution is 2.18. The summed E-state index contributed by atoms with van der Waals surface area (Å²) in [6.07, 6.45) is 0. The summed E-state index contributed by atoms with van der Waals surface area (Å²) in [5.74, 6) is -0.891. The molecule has 0 aromatic heterocycles. The first-order valence-corrected chi connectivity index (χ1v) is 3.67. The lowest BCUT2D eigenvalue weighted by Crippen LogP contribution is -2.04. The number of nitrogens with one attached hydrogen (secondary N) is 1. The van der Waals surface area contributed by atoms with Crippen molar-refractivity contribution in [3.63, 3.8) is 0 Å². The van der Waals surface area contributed by atoms with Crippen LogP contribution < -0.4 is 5.32 Å². The first kappa shape index (κ1) is 8.59. The number of aryl methyl sites for hydroxylation is 1. The van der Waals surface area contributed by atoms with E-state index in [1.54, 1.807) is 26.1 Å². The summed E-state index contributed by atoms with van der Waals surface area (Å²) >= 11 is 0. The minimum Gasteiger partial charge on any atom is -0.478 e. The molecule has 0 atom stereocenters. The molecular weight excluding hydrogens is 154 g/mol. The van der Waals surface area contributed by atoms with Crippen LogP contribution in [0.15, 0.2) is 18.2 Å². The molecule has 0 aliphatic heterocycles. The molecule has 1 aromatic rings. The van der Waals surface area contributed by atoms with Crippen molar-refractivity contribution >= 4 is 11.7 Å². The molecule has 3 heteroatoms. The van der Waals surface area contributed by atoms with E-state index >= 15 is 0 Å². The largest absolute Gasteiger partial charge is 0.478 e. The second-order valence-electron chi connectivity index (χ2n) is 2.55. The normalized spacial score (nSPS) is 9.50. The topological polar surface area (TPSA) is 49.3 Å². The highest BCUT2D eigenvalue weighted by atomic mass is 16.4. The molecular formula is C9H11NO2. The summed E-state index contributed by atoms with van der Waals surface area (Å²) in [7, 11) is 1.71. The van der Waals surface area contributed by atoms with Crippen molar-refractivity contribution in [2.75, 3.05) is 12.4 Å². The quantitative estimate of drug-likeness (QED) is 0.701. The van der Waals surface area contributed by atoms with Crippen LogP contribution in [0.25, 0.3) is 0 Å². The van der Waals surface area contributed by atoms with Gasteiger partial charge in [-0.15, -0.1) is 0 Å². The standard InChI is InChI=1S/C9H11NO2/c1-6-4-3-5-7(10-2)8(6)9(11)12/h3-5,10H,1-2H3,(H,11,12). The van der Waals surface area contributed by atoms with E-state index in [0.29, 0.717) is 11.3 Å². The molecule has 0 unspecified atom stereocenters. The summed E-state index contributed by atoms with van der Waals surface area (Å²) in [5.41, 5.74) is 1.77. The van der Waals surface area contributed by atoms with Crippen molar-refractivity contribution in [2.24, 2.45) is 0 Å². The highest BCUT2D eigenvalue weighted by Gasteiger charge is 2.10. The molecule has 0 amide bonds. The van der Waals surface area contributed by atoms with E-state index in [9.17, 15) is 4.79 Å². The van der Waals surface area contributed by atoms with Crippen LogP contribution in [0.3, 0.4) is 0 Å². The minimum absolute atomic E-state index is 0.347. The van der Waals surface area contributed by atoms with Crippen LogP contribution in [0.2, 0.25) is 0 Å². The zero-order chi connectivity index (χ0) is 9.14. The molecule has 0 saturated carbocycles. The Hall–Kier alpha value is -1.51. The molecule has 0 saturated heterocycles. The maximum atomic E-state index is 10.8. The van der Waals surface area contributed by atoms with E-state index in [2.05, 4.69) is 5.32 Å². The Kier molecular flexibility index (Phi) is 2.33. The van der Waals surface area contributed by atoms with Crippen LogP contribution in [0, 0.1) is 6.92 Å². The first-order valence-electron chi connectivity index (χ1n) is 3.67. The van der Waals surface area contributed by atoms with Gasteiger partial charge in [0, 0.05) is 12.7 Å². The monoisotopic (exact) mass is 165 g/mol. The number of hydrogen-bond donors (Lipinski definition) is 2. The molecule has 0 fully saturated rings. The first-order chi connectivity index (χ1) is 5.66. The van der Waals surface area contributed by atoms with Crippen molar-refractivity contribution in [1.29, 1.82) is 0 Å². The van der Waals surface area contributed by atoms with E-state index < -0.39 is 5.97 Å². The van der Waals surface area contributed by atoms with Gasteiger partial charge in [-0.2, -0.15) is 0 Å². The number of carbonyl (C=O) groups is 1. The Morgan fingerprint density at radius 3 is 2.58 bits per heavy atom. The predicted molar refractivity (Wildman–Crippen MR) is 47.7 cm³/mol. The Balaban J connectivity index is 3.29. The second-order valence-corrected chi connectivity index (χ2v) is 2.55. The van der Waals surface area contributed by atoms with Gasteiger partial charge >= 0.3 is 5.97 Å². The maximum Gasteiger partial charge on any atom is 0.338 e. The van der Waals surface area contributed by atoms with Crippen molar-refractivity contribution in [3.05, 3.63) is 29.3 Å². The van der Waals surface area contributed by atoms with Crippen LogP contribution in [-0.4, -0.2) is 18.1 Å². The summed E-state index contributed by atoms with van der Waals surface area (Å²) in [4.78, 5) is 10.8. The molecule has 12 heavy (non-hydrogen) atoms. The van der Waals surface area contributed by atoms with E-state index in [1.165, 1.54) is 0 Å². The number of carboxylic acid groups (broad SMARTS) is 1. The van der Waals surface area contributed by atoms with Gasteiger partial charge < -0.3 is 10.4 Å². The molecule has 0 aliphatic rings. The third-order valence-electron chi connectivity index (χ3n) is 1.76. The van der Waals surface area contributed by atoms with Crippen LogP contribution in [-0.2, 0) is 0 Å². The lowest BCUT2D eigenvalue weighted by molar-refractivity contribution is 0.0697. The van der Waals surface area contributed by atoms with Crippen molar-refractivity contribution in [1.82, 2.24) is 0 Å². The van der Waals surface area contributed by atoms with Gasteiger partial charge in [0.2, 0.25) is 0 Å². The number of aromatic carboxylic acids is 1. The molecule has 0 aliphatic carbocycles. The van der Waals surface area contributed by atoms with Crippen molar-refractivity contribution < 1.29 is 9.90 Å². The fourth-order valence-corrected chi connectivity index (χ4v) is 1.16. The lowest BCUT2D eigenvalue weighted by atomic mass is 10.1. The Bertz CT molecular complexity index is 307. The number of hydrogen-bond acceptors (Lipinski definition) is 2. The lowest BCUT2D eigenvalue weighted by Gasteiger charge is -2.06. The summed E-state index contributed by atoms with van der Waals surface area (Å²) in [6, 6.07) is 5.36. The van der Waals surface area contributed by atoms with Crippen LogP contribution in [0.5, 0.6) is 0 Å². The molecule has 0 heterocycles. The van der Waals surface area contributed by atoms with Crippen molar-refractivity contribution in [2.45, 2.75) is 6.92 Å². The SMILES string of the molecule is CNc1cccc(C)c1C(=O)O. The predicted octanol–water partition coefficient (Wildman–Crippen LogP) is 1.73. The fourth-order valence-electron chi connectivity index (χ4n) is 1.16. The summed E-state index contributed by atoms with van der Waals surface area (Å²) in [6.45, 7) is 1.78. The van der Waals surface area contributed by atoms with Crippen LogP contribution >= 0.6 is 0 Å². The molecule has 0 radical (unpaired) electrons. The summed E-state index contributed by atoms with van der Waals surface area (Å²) in [5, 5.41) is 11.7. The third kappa shape index (κ3) is 1.39. The number of benzene rings is 1. The van der Waals surface area contributed by atoms with E-state index in [0.717, 1.165) is 5.56 Å². The van der Waals surface area contributed by atoms with Gasteiger partial charge in [0.25, 0.3) is 0 Å². The average Bonchev–Trinajstić information content (AvgIpc) is 2.03. The Labute approximate surface area is 71.0 Å². The molecule has 1 aromatic carbocycles. The van der Waals surface area contributed by atoms with Gasteiger partial charge in [-0.3, -0.25) is 0 Å². The van der Waals surface area contributed by atoms with Crippen molar-refractivity contribution in [3.8, 4) is 0 Å². The van der Waals surface area contributed by atoms with Crippen LogP contribution in [0.1, 0.15) is 15.9 Å². The highest BCUT2D eigenvalue weighted by molar-refractivity contribution is 5.95. The fraction of sp³-hybridized carbons (Fsp3) is 0.222. The van der Waals surface area contributed by atoms with Gasteiger partial charge in [0.15, 0.2) is 0 Å². The summed E-state index contributed by atoms with van der Waals surface area (Å²) < 4.78 is 0.